The van der Waals surface area contributed by atoms with E-state index in [0.717, 1.165) is 10.9 Å². The number of carbonyl (C=O) groups excluding carboxylic acids is 2. The second kappa shape index (κ2) is 8.99. The van der Waals surface area contributed by atoms with Crippen molar-refractivity contribution in [3.8, 4) is 5.75 Å². The lowest BCUT2D eigenvalue weighted by Crippen LogP contribution is -2.16. The maximum Gasteiger partial charge on any atom is 0.274 e. The summed E-state index contributed by atoms with van der Waals surface area (Å²) in [6, 6.07) is 14.3. The number of thiophene rings is 1. The molecule has 0 unspecified atom stereocenters. The lowest BCUT2D eigenvalue weighted by molar-refractivity contribution is 0.101. The molecule has 2 amide bonds. The van der Waals surface area contributed by atoms with Crippen LogP contribution in [0.3, 0.4) is 0 Å². The van der Waals surface area contributed by atoms with Crippen LogP contribution >= 0.6 is 11.3 Å². The number of rotatable bonds is 5. The zero-order chi connectivity index (χ0) is 24.5. The van der Waals surface area contributed by atoms with Crippen LogP contribution in [0, 0.1) is 6.92 Å². The second-order valence-electron chi connectivity index (χ2n) is 7.75. The summed E-state index contributed by atoms with van der Waals surface area (Å²) in [5, 5.41) is 8.26. The van der Waals surface area contributed by atoms with Crippen LogP contribution in [0.25, 0.3) is 21.1 Å². The third-order valence-electron chi connectivity index (χ3n) is 5.50. The molecule has 10 heteroatoms. The second-order valence-corrected chi connectivity index (χ2v) is 8.63. The van der Waals surface area contributed by atoms with E-state index in [0.29, 0.717) is 44.2 Å². The number of benzene rings is 2. The van der Waals surface area contributed by atoms with E-state index in [2.05, 4.69) is 25.6 Å². The van der Waals surface area contributed by atoms with Crippen molar-refractivity contribution >= 4 is 61.5 Å². The topological polar surface area (TPSA) is 132 Å². The number of pyridine rings is 1. The predicted octanol–water partition coefficient (Wildman–Crippen LogP) is 4.64. The maximum atomic E-state index is 13.0. The Balaban J connectivity index is 1.39. The van der Waals surface area contributed by atoms with Gasteiger partial charge in [0.05, 0.1) is 28.4 Å². The molecule has 2 aromatic carbocycles. The van der Waals surface area contributed by atoms with Gasteiger partial charge in [-0.25, -0.2) is 15.0 Å². The standard InChI is InChI=1S/C25H20N6O3S/c1-13-7-8-14(29-25(33)19-10-20(34-2)15-5-3-4-6-17(15)30-19)9-18(13)31-24(32)16-11-35-22-21(16)27-12-28-23(22)26/h3-12H,1-2H3,(H,29,33)(H,31,32)(H2,26,27,28). The molecule has 35 heavy (non-hydrogen) atoms. The minimum atomic E-state index is -0.397. The fraction of sp³-hybridized carbons (Fsp3) is 0.0800. The van der Waals surface area contributed by atoms with Crippen LogP contribution in [0.2, 0.25) is 0 Å². The maximum absolute atomic E-state index is 13.0. The van der Waals surface area contributed by atoms with Crippen LogP contribution in [0.15, 0.2) is 60.2 Å². The summed E-state index contributed by atoms with van der Waals surface area (Å²) in [5.74, 6) is 0.164. The van der Waals surface area contributed by atoms with Gasteiger partial charge >= 0.3 is 0 Å². The van der Waals surface area contributed by atoms with E-state index in [1.165, 1.54) is 17.7 Å². The monoisotopic (exact) mass is 484 g/mol. The molecule has 9 nitrogen and oxygen atoms in total. The van der Waals surface area contributed by atoms with E-state index >= 15 is 0 Å². The third kappa shape index (κ3) is 4.22. The first-order chi connectivity index (χ1) is 16.9. The van der Waals surface area contributed by atoms with Crippen LogP contribution in [0.5, 0.6) is 5.75 Å². The highest BCUT2D eigenvalue weighted by Gasteiger charge is 2.17. The molecule has 0 atom stereocenters. The highest BCUT2D eigenvalue weighted by Crippen LogP contribution is 2.29. The number of aromatic nitrogens is 3. The molecule has 0 spiro atoms. The summed E-state index contributed by atoms with van der Waals surface area (Å²) in [7, 11) is 1.55. The predicted molar refractivity (Wildman–Crippen MR) is 137 cm³/mol. The van der Waals surface area contributed by atoms with E-state index in [1.54, 1.807) is 30.7 Å². The van der Waals surface area contributed by atoms with Crippen LogP contribution in [0.1, 0.15) is 26.4 Å². The van der Waals surface area contributed by atoms with Gasteiger partial charge in [0.25, 0.3) is 11.8 Å². The van der Waals surface area contributed by atoms with Crippen LogP contribution in [-0.2, 0) is 0 Å². The molecular formula is C25H20N6O3S. The summed E-state index contributed by atoms with van der Waals surface area (Å²) >= 11 is 1.31. The number of nitrogens with two attached hydrogens (primary N) is 1. The number of nitrogens with one attached hydrogen (secondary N) is 2. The lowest BCUT2D eigenvalue weighted by atomic mass is 10.1. The molecule has 0 saturated heterocycles. The molecule has 3 aromatic heterocycles. The molecule has 0 aliphatic rings. The van der Waals surface area contributed by atoms with Crippen molar-refractivity contribution in [1.29, 1.82) is 0 Å². The van der Waals surface area contributed by atoms with Crippen molar-refractivity contribution in [3.05, 3.63) is 77.1 Å². The summed E-state index contributed by atoms with van der Waals surface area (Å²) < 4.78 is 6.10. The minimum Gasteiger partial charge on any atom is -0.496 e. The number of nitrogen functional groups attached to an aromatic ring is 1. The van der Waals surface area contributed by atoms with Gasteiger partial charge in [-0.3, -0.25) is 9.59 Å². The molecule has 4 N–H and O–H groups in total. The van der Waals surface area contributed by atoms with E-state index < -0.39 is 5.91 Å². The molecule has 0 aliphatic heterocycles. The summed E-state index contributed by atoms with van der Waals surface area (Å²) in [6.07, 6.45) is 1.33. The number of nitrogens with zero attached hydrogens (tertiary/aromatic N) is 3. The quantitative estimate of drug-likeness (QED) is 0.331. The molecule has 174 valence electrons. The van der Waals surface area contributed by atoms with Crippen molar-refractivity contribution in [2.75, 3.05) is 23.5 Å². The van der Waals surface area contributed by atoms with Gasteiger partial charge in [0.15, 0.2) is 0 Å². The van der Waals surface area contributed by atoms with Gasteiger partial charge < -0.3 is 21.1 Å². The van der Waals surface area contributed by atoms with Gasteiger partial charge in [0.2, 0.25) is 0 Å². The lowest BCUT2D eigenvalue weighted by Gasteiger charge is -2.12. The number of carbonyl (C=O) groups is 2. The smallest absolute Gasteiger partial charge is 0.274 e. The molecule has 0 fully saturated rings. The largest absolute Gasteiger partial charge is 0.496 e. The summed E-state index contributed by atoms with van der Waals surface area (Å²) in [5.41, 5.74) is 9.55. The SMILES string of the molecule is COc1cc(C(=O)Nc2ccc(C)c(NC(=O)c3csc4c(N)ncnc34)c2)nc2ccccc12. The van der Waals surface area contributed by atoms with Crippen molar-refractivity contribution in [3.63, 3.8) is 0 Å². The number of para-hydroxylation sites is 1. The number of amides is 2. The summed E-state index contributed by atoms with van der Waals surface area (Å²) in [6.45, 7) is 1.86. The Bertz CT molecular complexity index is 1610. The molecule has 0 radical (unpaired) electrons. The van der Waals surface area contributed by atoms with Gasteiger partial charge in [0, 0.05) is 28.2 Å². The Morgan fingerprint density at radius 3 is 2.69 bits per heavy atom. The zero-order valence-electron chi connectivity index (χ0n) is 18.8. The van der Waals surface area contributed by atoms with Gasteiger partial charge in [-0.05, 0) is 36.8 Å². The Hall–Kier alpha value is -4.57. The Kier molecular flexibility index (Phi) is 5.71. The minimum absolute atomic E-state index is 0.216. The van der Waals surface area contributed by atoms with E-state index in [1.807, 2.05) is 37.3 Å². The Labute approximate surface area is 204 Å². The Morgan fingerprint density at radius 2 is 1.86 bits per heavy atom. The van der Waals surface area contributed by atoms with Gasteiger partial charge in [-0.15, -0.1) is 11.3 Å². The fourth-order valence-corrected chi connectivity index (χ4v) is 4.58. The van der Waals surface area contributed by atoms with Crippen LogP contribution in [0.4, 0.5) is 17.2 Å². The molecule has 5 aromatic rings. The van der Waals surface area contributed by atoms with E-state index in [-0.39, 0.29) is 11.6 Å². The number of hydrogen-bond acceptors (Lipinski definition) is 8. The fourth-order valence-electron chi connectivity index (χ4n) is 3.68. The molecule has 0 saturated carbocycles. The van der Waals surface area contributed by atoms with Gasteiger partial charge in [0.1, 0.15) is 23.6 Å². The number of aryl methyl sites for hydroxylation is 1. The highest BCUT2D eigenvalue weighted by molar-refractivity contribution is 7.18. The van der Waals surface area contributed by atoms with Crippen LogP contribution < -0.4 is 21.1 Å². The third-order valence-corrected chi connectivity index (χ3v) is 6.49. The molecular weight excluding hydrogens is 464 g/mol. The number of methoxy groups -OCH3 is 1. The number of ether oxygens (including phenoxy) is 1. The van der Waals surface area contributed by atoms with Gasteiger partial charge in [-0.2, -0.15) is 0 Å². The highest BCUT2D eigenvalue weighted by atomic mass is 32.1. The number of hydrogen-bond donors (Lipinski definition) is 3. The van der Waals surface area contributed by atoms with E-state index in [9.17, 15) is 9.59 Å². The summed E-state index contributed by atoms with van der Waals surface area (Å²) in [4.78, 5) is 38.6. The number of fused-ring (bicyclic) bond motifs is 2. The zero-order valence-corrected chi connectivity index (χ0v) is 19.6. The number of anilines is 3. The molecule has 3 heterocycles. The molecule has 0 bridgehead atoms. The first-order valence-corrected chi connectivity index (χ1v) is 11.5. The molecule has 0 aliphatic carbocycles. The van der Waals surface area contributed by atoms with Crippen molar-refractivity contribution < 1.29 is 14.3 Å². The Morgan fingerprint density at radius 1 is 1.03 bits per heavy atom. The average molecular weight is 485 g/mol. The van der Waals surface area contributed by atoms with Crippen molar-refractivity contribution in [1.82, 2.24) is 15.0 Å². The average Bonchev–Trinajstić information content (AvgIpc) is 3.31. The molecule has 5 rings (SSSR count). The van der Waals surface area contributed by atoms with E-state index in [4.69, 9.17) is 10.5 Å². The van der Waals surface area contributed by atoms with Crippen LogP contribution in [-0.4, -0.2) is 33.9 Å². The first kappa shape index (κ1) is 22.2. The first-order valence-electron chi connectivity index (χ1n) is 10.6. The van der Waals surface area contributed by atoms with Crippen molar-refractivity contribution in [2.45, 2.75) is 6.92 Å². The normalized spacial score (nSPS) is 10.9. The van der Waals surface area contributed by atoms with Gasteiger partial charge in [-0.1, -0.05) is 18.2 Å². The van der Waals surface area contributed by atoms with Crippen molar-refractivity contribution in [2.24, 2.45) is 0 Å².